The first-order valence-corrected chi connectivity index (χ1v) is 9.18. The summed E-state index contributed by atoms with van der Waals surface area (Å²) in [7, 11) is 3.60. The van der Waals surface area contributed by atoms with Crippen molar-refractivity contribution in [2.45, 2.75) is 32.0 Å². The second-order valence-corrected chi connectivity index (χ2v) is 7.28. The minimum Gasteiger partial charge on any atom is -0.486 e. The molecule has 5 nitrogen and oxygen atoms in total. The fourth-order valence-electron chi connectivity index (χ4n) is 2.96. The van der Waals surface area contributed by atoms with Gasteiger partial charge in [0.25, 0.3) is 0 Å². The highest BCUT2D eigenvalue weighted by atomic mass is 32.1. The lowest BCUT2D eigenvalue weighted by atomic mass is 10.2. The van der Waals surface area contributed by atoms with E-state index in [1.165, 1.54) is 23.5 Å². The van der Waals surface area contributed by atoms with E-state index in [0.29, 0.717) is 18.9 Å². The third kappa shape index (κ3) is 4.55. The summed E-state index contributed by atoms with van der Waals surface area (Å²) in [4.78, 5) is 20.7. The topological polar surface area (TPSA) is 45.7 Å². The summed E-state index contributed by atoms with van der Waals surface area (Å²) in [5.41, 5.74) is 0.959. The van der Waals surface area contributed by atoms with Gasteiger partial charge in [-0.25, -0.2) is 9.37 Å². The van der Waals surface area contributed by atoms with Crippen LogP contribution in [0.5, 0.6) is 5.75 Å². The minimum atomic E-state index is -0.281. The van der Waals surface area contributed by atoms with Crippen LogP contribution in [-0.2, 0) is 17.9 Å². The first-order valence-electron chi connectivity index (χ1n) is 8.30. The minimum absolute atomic E-state index is 0.0457. The number of halogens is 1. The molecule has 1 atom stereocenters. The summed E-state index contributed by atoms with van der Waals surface area (Å²) in [5, 5.41) is 2.88. The van der Waals surface area contributed by atoms with Crippen molar-refractivity contribution in [3.05, 3.63) is 46.2 Å². The lowest BCUT2D eigenvalue weighted by molar-refractivity contribution is -0.133. The number of ether oxygens (including phenoxy) is 1. The summed E-state index contributed by atoms with van der Waals surface area (Å²) in [6.07, 6.45) is 1.94. The lowest BCUT2D eigenvalue weighted by Crippen LogP contribution is -2.42. The molecule has 0 aliphatic carbocycles. The van der Waals surface area contributed by atoms with Crippen LogP contribution in [0.25, 0.3) is 0 Å². The highest BCUT2D eigenvalue weighted by molar-refractivity contribution is 7.09. The summed E-state index contributed by atoms with van der Waals surface area (Å²) in [6, 6.07) is 5.91. The number of likely N-dealkylation sites (tertiary alicyclic amines) is 1. The van der Waals surface area contributed by atoms with Crippen LogP contribution in [0.1, 0.15) is 23.5 Å². The fraction of sp³-hybridized carbons (Fsp3) is 0.444. The number of nitrogens with zero attached hydrogens (tertiary/aromatic N) is 3. The van der Waals surface area contributed by atoms with Crippen molar-refractivity contribution in [1.82, 2.24) is 14.8 Å². The van der Waals surface area contributed by atoms with Crippen molar-refractivity contribution in [2.75, 3.05) is 20.6 Å². The number of likely N-dealkylation sites (N-methyl/N-ethyl adjacent to an activating group) is 1. The zero-order valence-electron chi connectivity index (χ0n) is 14.4. The van der Waals surface area contributed by atoms with Gasteiger partial charge in [-0.3, -0.25) is 9.69 Å². The molecule has 134 valence electrons. The average molecular weight is 363 g/mol. The van der Waals surface area contributed by atoms with E-state index in [-0.39, 0.29) is 17.8 Å². The number of carbonyl (C=O) groups is 1. The average Bonchev–Trinajstić information content (AvgIpc) is 3.23. The highest BCUT2D eigenvalue weighted by Crippen LogP contribution is 2.23. The number of hydrogen-bond donors (Lipinski definition) is 0. The van der Waals surface area contributed by atoms with E-state index in [1.54, 1.807) is 31.1 Å². The van der Waals surface area contributed by atoms with Gasteiger partial charge in [0.1, 0.15) is 23.2 Å². The number of hydrogen-bond acceptors (Lipinski definition) is 5. The Morgan fingerprint density at radius 3 is 2.88 bits per heavy atom. The van der Waals surface area contributed by atoms with Crippen LogP contribution < -0.4 is 4.74 Å². The molecule has 1 amide bonds. The predicted octanol–water partition coefficient (Wildman–Crippen LogP) is 2.91. The van der Waals surface area contributed by atoms with Crippen LogP contribution in [0.3, 0.4) is 0 Å². The Morgan fingerprint density at radius 1 is 1.40 bits per heavy atom. The van der Waals surface area contributed by atoms with Crippen LogP contribution in [0.15, 0.2) is 29.6 Å². The molecule has 0 spiro atoms. The van der Waals surface area contributed by atoms with E-state index in [2.05, 4.69) is 9.88 Å². The lowest BCUT2D eigenvalue weighted by Gasteiger charge is -2.25. The van der Waals surface area contributed by atoms with Crippen molar-refractivity contribution in [3.63, 3.8) is 0 Å². The van der Waals surface area contributed by atoms with Crippen molar-refractivity contribution < 1.29 is 13.9 Å². The van der Waals surface area contributed by atoms with Crippen LogP contribution in [0.2, 0.25) is 0 Å². The van der Waals surface area contributed by atoms with Crippen molar-refractivity contribution in [3.8, 4) is 5.75 Å². The zero-order chi connectivity index (χ0) is 17.8. The van der Waals surface area contributed by atoms with Gasteiger partial charge in [-0.1, -0.05) is 0 Å². The van der Waals surface area contributed by atoms with Gasteiger partial charge in [-0.05, 0) is 43.7 Å². The summed E-state index contributed by atoms with van der Waals surface area (Å²) >= 11 is 1.54. The molecule has 1 unspecified atom stereocenters. The Labute approximate surface area is 151 Å². The Hall–Kier alpha value is -1.99. The van der Waals surface area contributed by atoms with E-state index in [4.69, 9.17) is 4.74 Å². The standard InChI is InChI=1S/C18H22FN3O2S/c1-21(2)18(23)16-4-3-9-22(16)10-14-12-25-17(20-14)11-24-15-7-5-13(19)6-8-15/h5-8,12,16H,3-4,9-11H2,1-2H3. The Kier molecular flexibility index (Phi) is 5.65. The molecule has 1 aliphatic rings. The number of carbonyl (C=O) groups excluding carboxylic acids is 1. The molecular formula is C18H22FN3O2S. The van der Waals surface area contributed by atoms with E-state index in [9.17, 15) is 9.18 Å². The van der Waals surface area contributed by atoms with Crippen LogP contribution in [0, 0.1) is 5.82 Å². The van der Waals surface area contributed by atoms with Crippen molar-refractivity contribution >= 4 is 17.2 Å². The molecular weight excluding hydrogens is 341 g/mol. The van der Waals surface area contributed by atoms with Gasteiger partial charge in [0.2, 0.25) is 5.91 Å². The van der Waals surface area contributed by atoms with Gasteiger partial charge in [-0.2, -0.15) is 0 Å². The maximum absolute atomic E-state index is 12.9. The largest absolute Gasteiger partial charge is 0.486 e. The van der Waals surface area contributed by atoms with Crippen molar-refractivity contribution in [1.29, 1.82) is 0 Å². The maximum atomic E-state index is 12.9. The molecule has 0 N–H and O–H groups in total. The van der Waals surface area contributed by atoms with E-state index in [1.807, 2.05) is 5.38 Å². The normalized spacial score (nSPS) is 17.6. The smallest absolute Gasteiger partial charge is 0.239 e. The molecule has 1 fully saturated rings. The second-order valence-electron chi connectivity index (χ2n) is 6.34. The molecule has 1 aromatic carbocycles. The number of benzene rings is 1. The Bertz CT molecular complexity index is 717. The Balaban J connectivity index is 1.56. The summed E-state index contributed by atoms with van der Waals surface area (Å²) in [6.45, 7) is 1.96. The number of amides is 1. The highest BCUT2D eigenvalue weighted by Gasteiger charge is 2.31. The van der Waals surface area contributed by atoms with Crippen LogP contribution >= 0.6 is 11.3 Å². The summed E-state index contributed by atoms with van der Waals surface area (Å²) < 4.78 is 18.5. The molecule has 1 saturated heterocycles. The molecule has 0 saturated carbocycles. The fourth-order valence-corrected chi connectivity index (χ4v) is 3.66. The summed E-state index contributed by atoms with van der Waals surface area (Å²) in [5.74, 6) is 0.498. The molecule has 25 heavy (non-hydrogen) atoms. The van der Waals surface area contributed by atoms with E-state index < -0.39 is 0 Å². The third-order valence-corrected chi connectivity index (χ3v) is 5.10. The molecule has 1 aliphatic heterocycles. The molecule has 3 rings (SSSR count). The molecule has 0 bridgehead atoms. The van der Waals surface area contributed by atoms with Gasteiger partial charge in [-0.15, -0.1) is 11.3 Å². The van der Waals surface area contributed by atoms with Crippen LogP contribution in [-0.4, -0.2) is 47.4 Å². The Morgan fingerprint density at radius 2 is 2.16 bits per heavy atom. The van der Waals surface area contributed by atoms with Crippen molar-refractivity contribution in [2.24, 2.45) is 0 Å². The van der Waals surface area contributed by atoms with E-state index >= 15 is 0 Å². The van der Waals surface area contributed by atoms with Gasteiger partial charge < -0.3 is 9.64 Å². The number of aromatic nitrogens is 1. The first kappa shape index (κ1) is 17.8. The SMILES string of the molecule is CN(C)C(=O)C1CCCN1Cc1csc(COc2ccc(F)cc2)n1. The number of thiazole rings is 1. The number of rotatable bonds is 6. The second kappa shape index (κ2) is 7.93. The third-order valence-electron chi connectivity index (χ3n) is 4.23. The predicted molar refractivity (Wildman–Crippen MR) is 95.0 cm³/mol. The van der Waals surface area contributed by atoms with Gasteiger partial charge in [0.05, 0.1) is 11.7 Å². The first-order chi connectivity index (χ1) is 12.0. The maximum Gasteiger partial charge on any atom is 0.239 e. The zero-order valence-corrected chi connectivity index (χ0v) is 15.3. The quantitative estimate of drug-likeness (QED) is 0.792. The molecule has 2 aromatic rings. The van der Waals surface area contributed by atoms with Gasteiger partial charge in [0.15, 0.2) is 0 Å². The van der Waals surface area contributed by atoms with Gasteiger partial charge >= 0.3 is 0 Å². The molecule has 7 heteroatoms. The molecule has 0 radical (unpaired) electrons. The molecule has 1 aromatic heterocycles. The van der Waals surface area contributed by atoms with Crippen LogP contribution in [0.4, 0.5) is 4.39 Å². The van der Waals surface area contributed by atoms with E-state index in [0.717, 1.165) is 30.1 Å². The van der Waals surface area contributed by atoms with Gasteiger partial charge in [0, 0.05) is 26.0 Å². The molecule has 2 heterocycles. The monoisotopic (exact) mass is 363 g/mol.